The van der Waals surface area contributed by atoms with Crippen molar-refractivity contribution in [3.05, 3.63) is 60.4 Å². The van der Waals surface area contributed by atoms with Crippen molar-refractivity contribution >= 4 is 10.9 Å². The second kappa shape index (κ2) is 13.1. The number of hydrogen-bond acceptors (Lipinski definition) is 2. The van der Waals surface area contributed by atoms with Gasteiger partial charge in [0.05, 0.1) is 17.8 Å². The highest BCUT2D eigenvalue weighted by atomic mass is 19.1. The lowest BCUT2D eigenvalue weighted by molar-refractivity contribution is 0.307. The van der Waals surface area contributed by atoms with E-state index in [1.165, 1.54) is 76.3 Å². The zero-order chi connectivity index (χ0) is 21.7. The average Bonchev–Trinajstić information content (AvgIpc) is 2.79. The largest absolute Gasteiger partial charge is 0.493 e. The van der Waals surface area contributed by atoms with Crippen LogP contribution < -0.4 is 4.74 Å². The summed E-state index contributed by atoms with van der Waals surface area (Å²) in [5.74, 6) is 0.577. The molecule has 0 N–H and O–H groups in total. The molecule has 3 rings (SSSR count). The number of fused-ring (bicyclic) bond motifs is 1. The minimum atomic E-state index is -0.254. The van der Waals surface area contributed by atoms with Gasteiger partial charge in [0, 0.05) is 17.0 Å². The highest BCUT2D eigenvalue weighted by molar-refractivity contribution is 5.87. The molecule has 2 aromatic carbocycles. The van der Waals surface area contributed by atoms with Gasteiger partial charge in [0.2, 0.25) is 0 Å². The van der Waals surface area contributed by atoms with Gasteiger partial charge in [-0.3, -0.25) is 0 Å². The number of para-hydroxylation sites is 1. The van der Waals surface area contributed by atoms with E-state index in [1.54, 1.807) is 6.07 Å². The molecule has 0 fully saturated rings. The average molecular weight is 422 g/mol. The smallest absolute Gasteiger partial charge is 0.130 e. The van der Waals surface area contributed by atoms with Gasteiger partial charge < -0.3 is 4.74 Å². The molecule has 0 aliphatic rings. The number of hydrogen-bond donors (Lipinski definition) is 0. The SMILES string of the molecule is CCCCCCCCCCCCCOc1cc(-c2cccc(F)c2)nc2ccccc12. The van der Waals surface area contributed by atoms with Gasteiger partial charge >= 0.3 is 0 Å². The van der Waals surface area contributed by atoms with Crippen molar-refractivity contribution in [2.45, 2.75) is 77.6 Å². The van der Waals surface area contributed by atoms with Crippen LogP contribution in [-0.2, 0) is 0 Å². The van der Waals surface area contributed by atoms with Gasteiger partial charge in [0.15, 0.2) is 0 Å². The molecular weight excluding hydrogens is 385 g/mol. The molecule has 0 radical (unpaired) electrons. The third-order valence-electron chi connectivity index (χ3n) is 5.80. The van der Waals surface area contributed by atoms with Crippen LogP contribution in [0.5, 0.6) is 5.75 Å². The summed E-state index contributed by atoms with van der Waals surface area (Å²) in [6.45, 7) is 2.97. The molecule has 0 aliphatic carbocycles. The van der Waals surface area contributed by atoms with Crippen molar-refractivity contribution in [3.8, 4) is 17.0 Å². The molecule has 31 heavy (non-hydrogen) atoms. The fourth-order valence-corrected chi connectivity index (χ4v) is 4.01. The number of benzene rings is 2. The first-order chi connectivity index (χ1) is 15.3. The minimum Gasteiger partial charge on any atom is -0.493 e. The van der Waals surface area contributed by atoms with Crippen LogP contribution in [-0.4, -0.2) is 11.6 Å². The van der Waals surface area contributed by atoms with Crippen LogP contribution in [0.3, 0.4) is 0 Å². The van der Waals surface area contributed by atoms with Crippen LogP contribution in [0.4, 0.5) is 4.39 Å². The maximum atomic E-state index is 13.7. The topological polar surface area (TPSA) is 22.1 Å². The molecule has 1 heterocycles. The first-order valence-electron chi connectivity index (χ1n) is 12.1. The molecular formula is C28H36FNO. The Morgan fingerprint density at radius 2 is 1.42 bits per heavy atom. The number of rotatable bonds is 14. The quantitative estimate of drug-likeness (QED) is 0.243. The first-order valence-corrected chi connectivity index (χ1v) is 12.1. The Labute approximate surface area is 186 Å². The zero-order valence-electron chi connectivity index (χ0n) is 18.9. The highest BCUT2D eigenvalue weighted by Crippen LogP contribution is 2.30. The van der Waals surface area contributed by atoms with E-state index >= 15 is 0 Å². The molecule has 3 aromatic rings. The minimum absolute atomic E-state index is 0.254. The van der Waals surface area contributed by atoms with Crippen molar-refractivity contribution in [2.24, 2.45) is 0 Å². The normalized spacial score (nSPS) is 11.2. The van der Waals surface area contributed by atoms with Crippen molar-refractivity contribution in [1.82, 2.24) is 4.98 Å². The van der Waals surface area contributed by atoms with Crippen molar-refractivity contribution in [3.63, 3.8) is 0 Å². The van der Waals surface area contributed by atoms with Gasteiger partial charge in [0.25, 0.3) is 0 Å². The lowest BCUT2D eigenvalue weighted by atomic mass is 10.1. The van der Waals surface area contributed by atoms with Crippen molar-refractivity contribution in [1.29, 1.82) is 0 Å². The standard InChI is InChI=1S/C28H36FNO/c1-2-3-4-5-6-7-8-9-10-11-14-20-31-28-22-27(23-16-15-17-24(29)21-23)30-26-19-13-12-18-25(26)28/h12-13,15-19,21-22H,2-11,14,20H2,1H3. The van der Waals surface area contributed by atoms with Crippen molar-refractivity contribution < 1.29 is 9.13 Å². The van der Waals surface area contributed by atoms with E-state index in [9.17, 15) is 4.39 Å². The van der Waals surface area contributed by atoms with Crippen LogP contribution >= 0.6 is 0 Å². The summed E-state index contributed by atoms with van der Waals surface area (Å²) in [6, 6.07) is 16.5. The fourth-order valence-electron chi connectivity index (χ4n) is 4.01. The molecule has 0 saturated carbocycles. The predicted molar refractivity (Wildman–Crippen MR) is 129 cm³/mol. The van der Waals surface area contributed by atoms with E-state index in [1.807, 2.05) is 36.4 Å². The Kier molecular flexibility index (Phi) is 9.82. The third kappa shape index (κ3) is 7.65. The van der Waals surface area contributed by atoms with E-state index < -0.39 is 0 Å². The summed E-state index contributed by atoms with van der Waals surface area (Å²) < 4.78 is 19.8. The molecule has 0 unspecified atom stereocenters. The predicted octanol–water partition coefficient (Wildman–Crippen LogP) is 8.73. The number of ether oxygens (including phenoxy) is 1. The van der Waals surface area contributed by atoms with E-state index in [0.29, 0.717) is 6.61 Å². The maximum absolute atomic E-state index is 13.7. The first kappa shape index (κ1) is 23.2. The number of nitrogens with zero attached hydrogens (tertiary/aromatic N) is 1. The number of pyridine rings is 1. The second-order valence-corrected chi connectivity index (χ2v) is 8.42. The Morgan fingerprint density at radius 1 is 0.742 bits per heavy atom. The Bertz CT molecular complexity index is 924. The summed E-state index contributed by atoms with van der Waals surface area (Å²) in [6.07, 6.45) is 14.5. The van der Waals surface area contributed by atoms with Gasteiger partial charge in [-0.05, 0) is 30.7 Å². The molecule has 2 nitrogen and oxygen atoms in total. The van der Waals surface area contributed by atoms with Gasteiger partial charge in [-0.2, -0.15) is 0 Å². The fraction of sp³-hybridized carbons (Fsp3) is 0.464. The van der Waals surface area contributed by atoms with E-state index in [2.05, 4.69) is 6.92 Å². The van der Waals surface area contributed by atoms with Crippen LogP contribution in [0.2, 0.25) is 0 Å². The van der Waals surface area contributed by atoms with Crippen LogP contribution in [0.25, 0.3) is 22.2 Å². The van der Waals surface area contributed by atoms with Gasteiger partial charge in [-0.25, -0.2) is 9.37 Å². The molecule has 0 aliphatic heterocycles. The van der Waals surface area contributed by atoms with Gasteiger partial charge in [0.1, 0.15) is 11.6 Å². The molecule has 0 atom stereocenters. The molecule has 0 bridgehead atoms. The maximum Gasteiger partial charge on any atom is 0.130 e. The van der Waals surface area contributed by atoms with E-state index in [4.69, 9.17) is 9.72 Å². The monoisotopic (exact) mass is 421 g/mol. The summed E-state index contributed by atoms with van der Waals surface area (Å²) in [5, 5.41) is 1.01. The third-order valence-corrected chi connectivity index (χ3v) is 5.80. The highest BCUT2D eigenvalue weighted by Gasteiger charge is 2.09. The molecule has 0 amide bonds. The Morgan fingerprint density at radius 3 is 2.13 bits per heavy atom. The van der Waals surface area contributed by atoms with Gasteiger partial charge in [-0.1, -0.05) is 95.4 Å². The number of halogens is 1. The molecule has 0 spiro atoms. The Balaban J connectivity index is 1.46. The molecule has 3 heteroatoms. The van der Waals surface area contributed by atoms with Crippen LogP contribution in [0, 0.1) is 5.82 Å². The summed E-state index contributed by atoms with van der Waals surface area (Å²) >= 11 is 0. The number of aromatic nitrogens is 1. The summed E-state index contributed by atoms with van der Waals surface area (Å²) in [4.78, 5) is 4.71. The Hall–Kier alpha value is -2.42. The van der Waals surface area contributed by atoms with E-state index in [0.717, 1.165) is 34.3 Å². The van der Waals surface area contributed by atoms with Crippen LogP contribution in [0.15, 0.2) is 54.6 Å². The van der Waals surface area contributed by atoms with Gasteiger partial charge in [-0.15, -0.1) is 0 Å². The summed E-state index contributed by atoms with van der Waals surface area (Å²) in [7, 11) is 0. The second-order valence-electron chi connectivity index (χ2n) is 8.42. The van der Waals surface area contributed by atoms with Crippen LogP contribution in [0.1, 0.15) is 77.6 Å². The zero-order valence-corrected chi connectivity index (χ0v) is 18.9. The molecule has 166 valence electrons. The number of unbranched alkanes of at least 4 members (excludes halogenated alkanes) is 10. The summed E-state index contributed by atoms with van der Waals surface area (Å²) in [5.41, 5.74) is 2.38. The lowest BCUT2D eigenvalue weighted by Crippen LogP contribution is -1.99. The molecule has 1 aromatic heterocycles. The molecule has 0 saturated heterocycles. The van der Waals surface area contributed by atoms with Crippen molar-refractivity contribution in [2.75, 3.05) is 6.61 Å². The lowest BCUT2D eigenvalue weighted by Gasteiger charge is -2.12. The van der Waals surface area contributed by atoms with E-state index in [-0.39, 0.29) is 5.82 Å².